The van der Waals surface area contributed by atoms with Gasteiger partial charge in [0, 0.05) is 164 Å². The van der Waals surface area contributed by atoms with Gasteiger partial charge in [-0.25, -0.2) is 0 Å². The second-order valence-electron chi connectivity index (χ2n) is 4.06. The Bertz CT molecular complexity index is 52.7. The van der Waals surface area contributed by atoms with E-state index in [9.17, 15) is 0 Å². The number of hydrogen-bond donors (Lipinski definition) is 0. The zero-order valence-electron chi connectivity index (χ0n) is 13.2. The molecule has 5 radical (unpaired) electrons. The standard InChI is InChI=1S/C5H11.C4H9.2CH3.6Y/c1-5(2,3)4;1-4(2)3;;;;;;;;/h1H2,2-4H3;1-3H3;2*1H3;;;;;;/q4*-1;;;;;;+3. The Hall–Kier alpha value is 6.62. The second kappa shape index (κ2) is 43.3. The van der Waals surface area contributed by atoms with E-state index in [0.717, 1.165) is 0 Å². The first-order chi connectivity index (χ1) is 3.73. The van der Waals surface area contributed by atoms with E-state index in [-0.39, 0.29) is 217 Å². The molecule has 0 aromatic heterocycles. The summed E-state index contributed by atoms with van der Waals surface area (Å²) in [5.41, 5.74) is 0.250. The Morgan fingerprint density at radius 3 is 0.706 bits per heavy atom. The van der Waals surface area contributed by atoms with Gasteiger partial charge in [0.2, 0.25) is 0 Å². The van der Waals surface area contributed by atoms with E-state index in [1.165, 1.54) is 5.92 Å². The molecule has 0 saturated heterocycles. The Morgan fingerprint density at radius 1 is 0.706 bits per heavy atom. The van der Waals surface area contributed by atoms with Crippen LogP contribution in [0.15, 0.2) is 0 Å². The third kappa shape index (κ3) is 219. The third-order valence-electron chi connectivity index (χ3n) is 0. The topological polar surface area (TPSA) is 0 Å². The van der Waals surface area contributed by atoms with Crippen molar-refractivity contribution < 1.29 is 196 Å². The molecule has 0 amide bonds. The summed E-state index contributed by atoms with van der Waals surface area (Å²) < 4.78 is 0. The number of hydrogen-bond acceptors (Lipinski definition) is 0. The summed E-state index contributed by atoms with van der Waals surface area (Å²) in [7, 11) is 0. The fraction of sp³-hybridized carbons (Fsp3) is 0.636. The molecule has 89 valence electrons. The van der Waals surface area contributed by atoms with Crippen LogP contribution in [0.5, 0.6) is 0 Å². The minimum Gasteiger partial charge on any atom is -0.358 e. The van der Waals surface area contributed by atoms with Crippen molar-refractivity contribution in [1.29, 1.82) is 0 Å². The first kappa shape index (κ1) is 65.1. The average molecular weight is 692 g/mol. The fourth-order valence-corrected chi connectivity index (χ4v) is 0. The van der Waals surface area contributed by atoms with Crippen molar-refractivity contribution in [3.05, 3.63) is 27.7 Å². The van der Waals surface area contributed by atoms with E-state index >= 15 is 0 Å². The minimum atomic E-state index is 0. The van der Waals surface area contributed by atoms with Crippen molar-refractivity contribution in [2.45, 2.75) is 41.5 Å². The normalized spacial score (nSPS) is 5.65. The summed E-state index contributed by atoms with van der Waals surface area (Å²) in [4.78, 5) is 0. The second-order valence-corrected chi connectivity index (χ2v) is 4.06. The first-order valence-corrected chi connectivity index (χ1v) is 3.35. The minimum absolute atomic E-state index is 0. The molecule has 0 saturated carbocycles. The molecule has 6 heteroatoms. The Kier molecular flexibility index (Phi) is 166. The molecule has 0 aliphatic carbocycles. The molecule has 0 aliphatic rings. The van der Waals surface area contributed by atoms with Crippen LogP contribution < -0.4 is 0 Å². The molecule has 0 nitrogen and oxygen atoms in total. The molecular weight excluding hydrogens is 666 g/mol. The van der Waals surface area contributed by atoms with Crippen molar-refractivity contribution >= 4 is 0 Å². The summed E-state index contributed by atoms with van der Waals surface area (Å²) in [6, 6.07) is 0. The average Bonchev–Trinajstić information content (AvgIpc) is 1.19. The van der Waals surface area contributed by atoms with Gasteiger partial charge in [0.05, 0.1) is 0 Å². The van der Waals surface area contributed by atoms with E-state index in [2.05, 4.69) is 48.5 Å². The summed E-state index contributed by atoms with van der Waals surface area (Å²) >= 11 is 0. The first-order valence-electron chi connectivity index (χ1n) is 3.35. The van der Waals surface area contributed by atoms with E-state index in [0.29, 0.717) is 0 Å². The van der Waals surface area contributed by atoms with Gasteiger partial charge >= 0.3 is 32.7 Å². The van der Waals surface area contributed by atoms with E-state index < -0.39 is 0 Å². The van der Waals surface area contributed by atoms with Gasteiger partial charge in [-0.15, -0.1) is 0 Å². The molecule has 0 bridgehead atoms. The van der Waals surface area contributed by atoms with E-state index in [1.807, 2.05) is 0 Å². The van der Waals surface area contributed by atoms with Crippen LogP contribution >= 0.6 is 0 Å². The number of rotatable bonds is 0. The Morgan fingerprint density at radius 2 is 0.706 bits per heavy atom. The predicted octanol–water partition coefficient (Wildman–Crippen LogP) is 4.37. The zero-order valence-corrected chi connectivity index (χ0v) is 30.2. The molecule has 17 heavy (non-hydrogen) atoms. The molecule has 0 spiro atoms. The van der Waals surface area contributed by atoms with Gasteiger partial charge in [0.15, 0.2) is 0 Å². The van der Waals surface area contributed by atoms with E-state index in [4.69, 9.17) is 0 Å². The maximum Gasteiger partial charge on any atom is 3.00 e. The van der Waals surface area contributed by atoms with Crippen molar-refractivity contribution in [3.8, 4) is 0 Å². The molecule has 0 heterocycles. The predicted molar refractivity (Wildman–Crippen MR) is 57.9 cm³/mol. The van der Waals surface area contributed by atoms with Crippen LogP contribution in [0.25, 0.3) is 0 Å². The zero-order chi connectivity index (χ0) is 8.08. The quantitative estimate of drug-likeness (QED) is 0.332. The van der Waals surface area contributed by atoms with Crippen molar-refractivity contribution in [2.24, 2.45) is 5.41 Å². The fourth-order valence-electron chi connectivity index (χ4n) is 0. The largest absolute Gasteiger partial charge is 3.00 e. The maximum absolute atomic E-state index is 3.77. The summed E-state index contributed by atoms with van der Waals surface area (Å²) in [6.07, 6.45) is 0. The molecular formula is C11H26Y6-. The molecule has 0 fully saturated rings. The summed E-state index contributed by atoms with van der Waals surface area (Å²) in [5.74, 6) is 1.42. The molecule has 0 aromatic rings. The van der Waals surface area contributed by atoms with Crippen LogP contribution in [0.4, 0.5) is 0 Å². The van der Waals surface area contributed by atoms with Crippen LogP contribution in [0, 0.1) is 33.1 Å². The van der Waals surface area contributed by atoms with Gasteiger partial charge in [0.1, 0.15) is 0 Å². The van der Waals surface area contributed by atoms with Gasteiger partial charge in [-0.05, 0) is 0 Å². The SMILES string of the molecule is C[C-](C)C.[CH2-]C(C)(C)C.[CH3-].[CH3-].[Y+3].[Y].[Y].[Y].[Y].[Y]. The van der Waals surface area contributed by atoms with E-state index in [1.54, 1.807) is 0 Å². The summed E-state index contributed by atoms with van der Waals surface area (Å²) in [6.45, 7) is 16.2. The van der Waals surface area contributed by atoms with Crippen LogP contribution in [-0.2, 0) is 196 Å². The van der Waals surface area contributed by atoms with Crippen LogP contribution in [0.3, 0.4) is 0 Å². The molecule has 0 N–H and O–H groups in total. The van der Waals surface area contributed by atoms with Crippen molar-refractivity contribution in [1.82, 2.24) is 0 Å². The summed E-state index contributed by atoms with van der Waals surface area (Å²) in [5, 5.41) is 0. The van der Waals surface area contributed by atoms with Gasteiger partial charge in [-0.1, -0.05) is 20.8 Å². The monoisotopic (exact) mass is 692 g/mol. The van der Waals surface area contributed by atoms with Crippen molar-refractivity contribution in [3.63, 3.8) is 0 Å². The van der Waals surface area contributed by atoms with Gasteiger partial charge in [-0.3, -0.25) is 0 Å². The Balaban J connectivity index is -0.00000000494. The molecule has 0 aromatic carbocycles. The Labute approximate surface area is 264 Å². The third-order valence-corrected chi connectivity index (χ3v) is 0. The maximum atomic E-state index is 3.77. The van der Waals surface area contributed by atoms with Crippen molar-refractivity contribution in [2.75, 3.05) is 0 Å². The molecule has 0 rings (SSSR count). The van der Waals surface area contributed by atoms with Gasteiger partial charge in [-0.2, -0.15) is 26.2 Å². The molecule has 0 atom stereocenters. The van der Waals surface area contributed by atoms with Crippen LogP contribution in [0.2, 0.25) is 0 Å². The van der Waals surface area contributed by atoms with Gasteiger partial charge < -0.3 is 27.7 Å². The molecule has 0 unspecified atom stereocenters. The molecule has 0 aliphatic heterocycles. The van der Waals surface area contributed by atoms with Crippen LogP contribution in [-0.4, -0.2) is 0 Å². The van der Waals surface area contributed by atoms with Crippen LogP contribution in [0.1, 0.15) is 41.5 Å². The van der Waals surface area contributed by atoms with Gasteiger partial charge in [0.25, 0.3) is 0 Å². The smallest absolute Gasteiger partial charge is 0.358 e.